The van der Waals surface area contributed by atoms with Crippen LogP contribution in [-0.2, 0) is 6.61 Å². The number of benzene rings is 1. The van der Waals surface area contributed by atoms with E-state index in [0.29, 0.717) is 12.3 Å². The molecule has 4 nitrogen and oxygen atoms in total. The summed E-state index contributed by atoms with van der Waals surface area (Å²) in [6.45, 7) is 2.35. The van der Waals surface area contributed by atoms with Gasteiger partial charge in [-0.15, -0.1) is 0 Å². The van der Waals surface area contributed by atoms with Gasteiger partial charge in [0.15, 0.2) is 0 Å². The molecule has 0 aliphatic rings. The molecular formula is C12H13N3O. The van der Waals surface area contributed by atoms with Gasteiger partial charge < -0.3 is 10.5 Å². The van der Waals surface area contributed by atoms with E-state index < -0.39 is 0 Å². The number of hydrogen-bond donors (Lipinski definition) is 1. The second kappa shape index (κ2) is 4.61. The Bertz CT molecular complexity index is 440. The monoisotopic (exact) mass is 215 g/mol. The molecule has 1 heterocycles. The van der Waals surface area contributed by atoms with E-state index in [2.05, 4.69) is 9.97 Å². The average Bonchev–Trinajstić information content (AvgIpc) is 2.27. The van der Waals surface area contributed by atoms with Crippen molar-refractivity contribution in [1.82, 2.24) is 9.97 Å². The molecule has 0 aliphatic heterocycles. The smallest absolute Gasteiger partial charge is 0.130 e. The molecule has 16 heavy (non-hydrogen) atoms. The van der Waals surface area contributed by atoms with Gasteiger partial charge in [-0.05, 0) is 25.1 Å². The zero-order valence-corrected chi connectivity index (χ0v) is 9.05. The lowest BCUT2D eigenvalue weighted by Gasteiger charge is -2.06. The Hall–Kier alpha value is -2.10. The molecule has 0 spiro atoms. The van der Waals surface area contributed by atoms with Gasteiger partial charge in [-0.3, -0.25) is 0 Å². The van der Waals surface area contributed by atoms with Crippen molar-refractivity contribution in [3.05, 3.63) is 48.0 Å². The first-order chi connectivity index (χ1) is 7.74. The van der Waals surface area contributed by atoms with Crippen molar-refractivity contribution in [2.45, 2.75) is 13.5 Å². The molecule has 0 bridgehead atoms. The third-order valence-electron chi connectivity index (χ3n) is 2.11. The first kappa shape index (κ1) is 10.4. The van der Waals surface area contributed by atoms with Crippen LogP contribution in [0.4, 0.5) is 5.69 Å². The zero-order valence-electron chi connectivity index (χ0n) is 9.05. The van der Waals surface area contributed by atoms with Crippen LogP contribution in [0.3, 0.4) is 0 Å². The van der Waals surface area contributed by atoms with Crippen LogP contribution >= 0.6 is 0 Å². The lowest BCUT2D eigenvalue weighted by Crippen LogP contribution is -1.99. The number of aromatic nitrogens is 2. The maximum Gasteiger partial charge on any atom is 0.130 e. The van der Waals surface area contributed by atoms with Crippen molar-refractivity contribution in [1.29, 1.82) is 0 Å². The van der Waals surface area contributed by atoms with Gasteiger partial charge in [0, 0.05) is 17.4 Å². The minimum atomic E-state index is 0.423. The summed E-state index contributed by atoms with van der Waals surface area (Å²) in [7, 11) is 0. The Morgan fingerprint density at radius 3 is 2.88 bits per heavy atom. The summed E-state index contributed by atoms with van der Waals surface area (Å²) in [6.07, 6.45) is 1.54. The molecule has 0 fully saturated rings. The van der Waals surface area contributed by atoms with Crippen LogP contribution in [-0.4, -0.2) is 9.97 Å². The normalized spacial score (nSPS) is 10.1. The van der Waals surface area contributed by atoms with E-state index in [4.69, 9.17) is 10.5 Å². The van der Waals surface area contributed by atoms with Crippen LogP contribution in [0.5, 0.6) is 5.75 Å². The lowest BCUT2D eigenvalue weighted by molar-refractivity contribution is 0.301. The standard InChI is InChI=1S/C12H13N3O/c1-9-5-11(15-8-14-9)7-16-12-4-2-3-10(13)6-12/h2-6,8H,7,13H2,1H3. The fourth-order valence-electron chi connectivity index (χ4n) is 1.35. The maximum atomic E-state index is 5.65. The number of hydrogen-bond acceptors (Lipinski definition) is 4. The summed E-state index contributed by atoms with van der Waals surface area (Å²) in [5.74, 6) is 0.747. The molecule has 0 saturated carbocycles. The van der Waals surface area contributed by atoms with Crippen molar-refractivity contribution in [3.63, 3.8) is 0 Å². The topological polar surface area (TPSA) is 61.0 Å². The highest BCUT2D eigenvalue weighted by Gasteiger charge is 1.98. The number of nitrogens with two attached hydrogens (primary N) is 1. The second-order valence-electron chi connectivity index (χ2n) is 3.51. The lowest BCUT2D eigenvalue weighted by atomic mass is 10.3. The van der Waals surface area contributed by atoms with Crippen LogP contribution in [0.15, 0.2) is 36.7 Å². The Kier molecular flexibility index (Phi) is 3.00. The Morgan fingerprint density at radius 2 is 2.12 bits per heavy atom. The minimum absolute atomic E-state index is 0.423. The number of ether oxygens (including phenoxy) is 1. The van der Waals surface area contributed by atoms with Crippen molar-refractivity contribution in [2.24, 2.45) is 0 Å². The van der Waals surface area contributed by atoms with Crippen molar-refractivity contribution in [3.8, 4) is 5.75 Å². The number of nitrogen functional groups attached to an aromatic ring is 1. The van der Waals surface area contributed by atoms with E-state index in [-0.39, 0.29) is 0 Å². The number of rotatable bonds is 3. The van der Waals surface area contributed by atoms with E-state index in [1.807, 2.05) is 31.2 Å². The molecular weight excluding hydrogens is 202 g/mol. The van der Waals surface area contributed by atoms with Gasteiger partial charge in [0.05, 0.1) is 5.69 Å². The summed E-state index contributed by atoms with van der Waals surface area (Å²) in [5.41, 5.74) is 8.13. The molecule has 1 aromatic heterocycles. The molecule has 0 atom stereocenters. The molecule has 0 saturated heterocycles. The maximum absolute atomic E-state index is 5.65. The van der Waals surface area contributed by atoms with Crippen molar-refractivity contribution in [2.75, 3.05) is 5.73 Å². The molecule has 2 rings (SSSR count). The minimum Gasteiger partial charge on any atom is -0.487 e. The SMILES string of the molecule is Cc1cc(COc2cccc(N)c2)ncn1. The predicted octanol–water partition coefficient (Wildman–Crippen LogP) is 1.95. The summed E-state index contributed by atoms with van der Waals surface area (Å²) < 4.78 is 5.56. The molecule has 0 radical (unpaired) electrons. The fourth-order valence-corrected chi connectivity index (χ4v) is 1.35. The van der Waals surface area contributed by atoms with E-state index in [1.165, 1.54) is 6.33 Å². The first-order valence-corrected chi connectivity index (χ1v) is 5.00. The van der Waals surface area contributed by atoms with E-state index >= 15 is 0 Å². The molecule has 4 heteroatoms. The van der Waals surface area contributed by atoms with Gasteiger partial charge in [-0.25, -0.2) is 9.97 Å². The largest absolute Gasteiger partial charge is 0.487 e. The van der Waals surface area contributed by atoms with Gasteiger partial charge in [0.2, 0.25) is 0 Å². The van der Waals surface area contributed by atoms with E-state index in [9.17, 15) is 0 Å². The third-order valence-corrected chi connectivity index (χ3v) is 2.11. The van der Waals surface area contributed by atoms with E-state index in [0.717, 1.165) is 17.1 Å². The van der Waals surface area contributed by atoms with E-state index in [1.54, 1.807) is 6.07 Å². The Morgan fingerprint density at radius 1 is 1.25 bits per heavy atom. The van der Waals surface area contributed by atoms with Crippen LogP contribution in [0.25, 0.3) is 0 Å². The fraction of sp³-hybridized carbons (Fsp3) is 0.167. The highest BCUT2D eigenvalue weighted by molar-refractivity contribution is 5.43. The van der Waals surface area contributed by atoms with Gasteiger partial charge in [-0.2, -0.15) is 0 Å². The van der Waals surface area contributed by atoms with Crippen LogP contribution in [0.1, 0.15) is 11.4 Å². The molecule has 2 aromatic rings. The van der Waals surface area contributed by atoms with Gasteiger partial charge >= 0.3 is 0 Å². The van der Waals surface area contributed by atoms with Gasteiger partial charge in [0.1, 0.15) is 18.7 Å². The third kappa shape index (κ3) is 2.70. The summed E-state index contributed by atoms with van der Waals surface area (Å²) in [5, 5.41) is 0. The predicted molar refractivity (Wildman–Crippen MR) is 62.0 cm³/mol. The second-order valence-corrected chi connectivity index (χ2v) is 3.51. The molecule has 0 amide bonds. The van der Waals surface area contributed by atoms with Crippen molar-refractivity contribution < 1.29 is 4.74 Å². The van der Waals surface area contributed by atoms with Gasteiger partial charge in [-0.1, -0.05) is 6.07 Å². The summed E-state index contributed by atoms with van der Waals surface area (Å²) in [4.78, 5) is 8.13. The highest BCUT2D eigenvalue weighted by atomic mass is 16.5. The molecule has 82 valence electrons. The quantitative estimate of drug-likeness (QED) is 0.795. The molecule has 2 N–H and O–H groups in total. The Balaban J connectivity index is 2.02. The van der Waals surface area contributed by atoms with Gasteiger partial charge in [0.25, 0.3) is 0 Å². The number of anilines is 1. The summed E-state index contributed by atoms with van der Waals surface area (Å²) in [6, 6.07) is 9.22. The highest BCUT2D eigenvalue weighted by Crippen LogP contribution is 2.15. The van der Waals surface area contributed by atoms with Crippen molar-refractivity contribution >= 4 is 5.69 Å². The number of aryl methyl sites for hydroxylation is 1. The average molecular weight is 215 g/mol. The molecule has 0 aliphatic carbocycles. The van der Waals surface area contributed by atoms with Crippen LogP contribution < -0.4 is 10.5 Å². The number of nitrogens with zero attached hydrogens (tertiary/aromatic N) is 2. The summed E-state index contributed by atoms with van der Waals surface area (Å²) >= 11 is 0. The molecule has 1 aromatic carbocycles. The molecule has 0 unspecified atom stereocenters. The van der Waals surface area contributed by atoms with Crippen LogP contribution in [0.2, 0.25) is 0 Å². The first-order valence-electron chi connectivity index (χ1n) is 5.00. The Labute approximate surface area is 94.1 Å². The van der Waals surface area contributed by atoms with Crippen LogP contribution in [0, 0.1) is 6.92 Å². The zero-order chi connectivity index (χ0) is 11.4.